The number of aromatic nitrogens is 2. The van der Waals surface area contributed by atoms with Gasteiger partial charge in [-0.2, -0.15) is 0 Å². The Labute approximate surface area is 186 Å². The van der Waals surface area contributed by atoms with Crippen molar-refractivity contribution in [2.24, 2.45) is 0 Å². The van der Waals surface area contributed by atoms with Gasteiger partial charge in [0.15, 0.2) is 0 Å². The van der Waals surface area contributed by atoms with Crippen molar-refractivity contribution in [2.45, 2.75) is 6.54 Å². The number of nitrogens with zero attached hydrogens (tertiary/aromatic N) is 2. The molecule has 154 valence electrons. The summed E-state index contributed by atoms with van der Waals surface area (Å²) in [5.74, 6) is 0.708. The molecule has 2 heterocycles. The number of benzene rings is 3. The zero-order valence-electron chi connectivity index (χ0n) is 16.5. The van der Waals surface area contributed by atoms with Gasteiger partial charge >= 0.3 is 5.69 Å². The van der Waals surface area contributed by atoms with E-state index in [4.69, 9.17) is 16.3 Å². The van der Waals surface area contributed by atoms with Gasteiger partial charge in [0.05, 0.1) is 24.9 Å². The Hall–Kier alpha value is -3.35. The van der Waals surface area contributed by atoms with Crippen LogP contribution in [0.5, 0.6) is 5.75 Å². The molecule has 0 amide bonds. The number of hydrogen-bond donors (Lipinski definition) is 0. The van der Waals surface area contributed by atoms with Crippen LogP contribution in [-0.2, 0) is 6.54 Å². The van der Waals surface area contributed by atoms with E-state index in [1.807, 2.05) is 48.5 Å². The molecule has 0 saturated carbocycles. The Balaban J connectivity index is 1.87. The molecule has 0 aliphatic rings. The summed E-state index contributed by atoms with van der Waals surface area (Å²) in [4.78, 5) is 27.1. The van der Waals surface area contributed by atoms with Gasteiger partial charge in [-0.25, -0.2) is 9.36 Å². The highest BCUT2D eigenvalue weighted by molar-refractivity contribution is 7.25. The fraction of sp³-hybridized carbons (Fsp3) is 0.0833. The van der Waals surface area contributed by atoms with Crippen molar-refractivity contribution in [3.63, 3.8) is 0 Å². The van der Waals surface area contributed by atoms with Crippen molar-refractivity contribution >= 4 is 43.2 Å². The van der Waals surface area contributed by atoms with Gasteiger partial charge in [0.25, 0.3) is 5.56 Å². The molecule has 0 saturated heterocycles. The number of rotatable bonds is 4. The third-order valence-electron chi connectivity index (χ3n) is 5.20. The lowest BCUT2D eigenvalue weighted by molar-refractivity contribution is 0.414. The molecule has 0 unspecified atom stereocenters. The quantitative estimate of drug-likeness (QED) is 0.385. The summed E-state index contributed by atoms with van der Waals surface area (Å²) in [6.45, 7) is 0.300. The van der Waals surface area contributed by atoms with Crippen LogP contribution >= 0.6 is 22.9 Å². The largest absolute Gasteiger partial charge is 0.497 e. The molecule has 5 aromatic rings. The second-order valence-corrected chi connectivity index (χ2v) is 8.61. The smallest absolute Gasteiger partial charge is 0.336 e. The molecule has 31 heavy (non-hydrogen) atoms. The maximum Gasteiger partial charge on any atom is 0.336 e. The maximum atomic E-state index is 13.7. The van der Waals surface area contributed by atoms with E-state index < -0.39 is 5.69 Å². The Morgan fingerprint density at radius 1 is 0.968 bits per heavy atom. The molecule has 0 aliphatic heterocycles. The molecule has 7 heteroatoms. The average Bonchev–Trinajstić information content (AvgIpc) is 3.17. The van der Waals surface area contributed by atoms with E-state index >= 15 is 0 Å². The van der Waals surface area contributed by atoms with E-state index in [2.05, 4.69) is 0 Å². The maximum absolute atomic E-state index is 13.7. The molecule has 0 fully saturated rings. The Bertz CT molecular complexity index is 1570. The van der Waals surface area contributed by atoms with Crippen LogP contribution in [0.25, 0.3) is 26.0 Å². The second kappa shape index (κ2) is 7.72. The predicted molar refractivity (Wildman–Crippen MR) is 126 cm³/mol. The SMILES string of the molecule is COc1cccc(Cn2c(=O)n(-c3cccc(Cl)c3)c(=O)c3sc4ccccc4c32)c1. The van der Waals surface area contributed by atoms with Gasteiger partial charge in [0, 0.05) is 15.1 Å². The van der Waals surface area contributed by atoms with Crippen LogP contribution < -0.4 is 16.0 Å². The van der Waals surface area contributed by atoms with Gasteiger partial charge in [-0.05, 0) is 42.0 Å². The average molecular weight is 449 g/mol. The molecule has 0 atom stereocenters. The number of thiophene rings is 1. The summed E-state index contributed by atoms with van der Waals surface area (Å²) < 4.78 is 9.68. The number of fused-ring (bicyclic) bond motifs is 3. The first-order valence-electron chi connectivity index (χ1n) is 9.63. The Morgan fingerprint density at radius 3 is 2.58 bits per heavy atom. The fourth-order valence-electron chi connectivity index (χ4n) is 3.79. The predicted octanol–water partition coefficient (Wildman–Crippen LogP) is 5.08. The van der Waals surface area contributed by atoms with Gasteiger partial charge in [0.2, 0.25) is 0 Å². The zero-order valence-corrected chi connectivity index (χ0v) is 18.1. The van der Waals surface area contributed by atoms with Crippen LogP contribution in [0.4, 0.5) is 0 Å². The van der Waals surface area contributed by atoms with E-state index in [1.54, 1.807) is 35.9 Å². The topological polar surface area (TPSA) is 53.2 Å². The van der Waals surface area contributed by atoms with E-state index in [9.17, 15) is 9.59 Å². The zero-order chi connectivity index (χ0) is 21.5. The van der Waals surface area contributed by atoms with Gasteiger partial charge in [-0.1, -0.05) is 48.0 Å². The van der Waals surface area contributed by atoms with Crippen molar-refractivity contribution in [1.29, 1.82) is 0 Å². The minimum Gasteiger partial charge on any atom is -0.497 e. The van der Waals surface area contributed by atoms with Crippen molar-refractivity contribution in [1.82, 2.24) is 9.13 Å². The summed E-state index contributed by atoms with van der Waals surface area (Å²) in [6.07, 6.45) is 0. The highest BCUT2D eigenvalue weighted by atomic mass is 35.5. The molecule has 3 aromatic carbocycles. The summed E-state index contributed by atoms with van der Waals surface area (Å²) in [7, 11) is 1.61. The molecule has 2 aromatic heterocycles. The highest BCUT2D eigenvalue weighted by Crippen LogP contribution is 2.31. The number of hydrogen-bond acceptors (Lipinski definition) is 4. The Morgan fingerprint density at radius 2 is 1.77 bits per heavy atom. The number of methoxy groups -OCH3 is 1. The van der Waals surface area contributed by atoms with Crippen LogP contribution in [-0.4, -0.2) is 16.2 Å². The second-order valence-electron chi connectivity index (χ2n) is 7.12. The molecule has 0 bridgehead atoms. The monoisotopic (exact) mass is 448 g/mol. The van der Waals surface area contributed by atoms with Crippen molar-refractivity contribution in [3.8, 4) is 11.4 Å². The Kier molecular flexibility index (Phi) is 4.88. The van der Waals surface area contributed by atoms with E-state index in [0.29, 0.717) is 33.2 Å². The van der Waals surface area contributed by atoms with Gasteiger partial charge in [0.1, 0.15) is 10.4 Å². The van der Waals surface area contributed by atoms with Crippen LogP contribution in [0.15, 0.2) is 82.4 Å². The third kappa shape index (κ3) is 3.34. The van der Waals surface area contributed by atoms with E-state index in [-0.39, 0.29) is 5.56 Å². The first-order valence-corrected chi connectivity index (χ1v) is 10.8. The van der Waals surface area contributed by atoms with Crippen molar-refractivity contribution < 1.29 is 4.74 Å². The number of ether oxygens (including phenoxy) is 1. The van der Waals surface area contributed by atoms with Crippen LogP contribution in [0.2, 0.25) is 5.02 Å². The minimum absolute atomic E-state index is 0.300. The standard InChI is InChI=1S/C24H17ClN2O3S/c1-30-18-9-4-6-15(12-18)14-26-21-19-10-2-3-11-20(19)31-22(21)23(28)27(24(26)29)17-8-5-7-16(25)13-17/h2-13H,14H2,1H3. The summed E-state index contributed by atoms with van der Waals surface area (Å²) in [5.41, 5.74) is 1.24. The third-order valence-corrected chi connectivity index (χ3v) is 6.58. The van der Waals surface area contributed by atoms with Gasteiger partial charge < -0.3 is 4.74 Å². The molecular weight excluding hydrogens is 432 g/mol. The van der Waals surface area contributed by atoms with Crippen LogP contribution in [0.3, 0.4) is 0 Å². The molecule has 5 rings (SSSR count). The lowest BCUT2D eigenvalue weighted by atomic mass is 10.2. The first-order chi connectivity index (χ1) is 15.1. The molecular formula is C24H17ClN2O3S. The van der Waals surface area contributed by atoms with Crippen LogP contribution in [0, 0.1) is 0 Å². The van der Waals surface area contributed by atoms with Crippen LogP contribution in [0.1, 0.15) is 5.56 Å². The van der Waals surface area contributed by atoms with Gasteiger partial charge in [-0.3, -0.25) is 9.36 Å². The molecule has 0 radical (unpaired) electrons. The lowest BCUT2D eigenvalue weighted by Gasteiger charge is -2.13. The fourth-order valence-corrected chi connectivity index (χ4v) is 5.11. The van der Waals surface area contributed by atoms with E-state index in [1.165, 1.54) is 15.9 Å². The molecule has 0 aliphatic carbocycles. The molecule has 0 spiro atoms. The summed E-state index contributed by atoms with van der Waals surface area (Å²) >= 11 is 7.54. The summed E-state index contributed by atoms with van der Waals surface area (Å²) in [5, 5.41) is 1.34. The molecule has 5 nitrogen and oxygen atoms in total. The van der Waals surface area contributed by atoms with Crippen molar-refractivity contribution in [2.75, 3.05) is 7.11 Å². The summed E-state index contributed by atoms with van der Waals surface area (Å²) in [6, 6.07) is 22.1. The van der Waals surface area contributed by atoms with Crippen molar-refractivity contribution in [3.05, 3.63) is 104 Å². The van der Waals surface area contributed by atoms with Gasteiger partial charge in [-0.15, -0.1) is 11.3 Å². The number of halogens is 1. The lowest BCUT2D eigenvalue weighted by Crippen LogP contribution is -2.38. The first kappa shape index (κ1) is 19.6. The van der Waals surface area contributed by atoms with E-state index in [0.717, 1.165) is 15.6 Å². The molecule has 0 N–H and O–H groups in total. The normalized spacial score (nSPS) is 11.3. The highest BCUT2D eigenvalue weighted by Gasteiger charge is 2.19. The minimum atomic E-state index is -0.411.